The zero-order chi connectivity index (χ0) is 46.5. The third-order valence-corrected chi connectivity index (χ3v) is 12.4. The molecule has 374 valence electrons. The van der Waals surface area contributed by atoms with E-state index in [1.54, 1.807) is 0 Å². The summed E-state index contributed by atoms with van der Waals surface area (Å²) in [6.07, 6.45) is 62.8. The van der Waals surface area contributed by atoms with Gasteiger partial charge in [0.2, 0.25) is 0 Å². The summed E-state index contributed by atoms with van der Waals surface area (Å²) >= 11 is 0. The van der Waals surface area contributed by atoms with E-state index in [9.17, 15) is 14.4 Å². The zero-order valence-corrected chi connectivity index (χ0v) is 42.8. The minimum absolute atomic E-state index is 0.0829. The largest absolute Gasteiger partial charge is 0.462 e. The summed E-state index contributed by atoms with van der Waals surface area (Å²) in [4.78, 5) is 38.0. The van der Waals surface area contributed by atoms with Crippen LogP contribution in [0.1, 0.15) is 297 Å². The monoisotopic (exact) mass is 899 g/mol. The molecule has 6 heteroatoms. The molecule has 0 rings (SSSR count). The highest BCUT2D eigenvalue weighted by Crippen LogP contribution is 2.16. The minimum atomic E-state index is -0.787. The molecule has 0 heterocycles. The van der Waals surface area contributed by atoms with Crippen molar-refractivity contribution in [2.45, 2.75) is 303 Å². The van der Waals surface area contributed by atoms with Crippen LogP contribution in [0, 0.1) is 0 Å². The van der Waals surface area contributed by atoms with Gasteiger partial charge < -0.3 is 14.2 Å². The molecule has 0 radical (unpaired) electrons. The molecule has 0 aromatic carbocycles. The second kappa shape index (κ2) is 53.2. The molecule has 0 spiro atoms. The van der Waals surface area contributed by atoms with E-state index in [0.29, 0.717) is 25.7 Å². The molecule has 0 bridgehead atoms. The number of unbranched alkanes of at least 4 members (excludes halogenated alkanes) is 34. The maximum Gasteiger partial charge on any atom is 0.306 e. The molecule has 0 saturated heterocycles. The standard InChI is InChI=1S/C58H106O6/c1-4-7-10-13-16-19-22-25-27-29-31-33-36-39-42-45-48-51-57(60)63-54-55(53-62-56(59)50-47-44-41-38-35-32-24-21-18-15-12-9-6-3)64-58(61)52-49-46-43-40-37-34-30-28-26-23-20-17-14-11-8-5-2/h25,27,31,33,39,42,55H,4-24,26,28-30,32,34-38,40-41,43-54H2,1-3H3/b27-25-,33-31-,42-39-. The van der Waals surface area contributed by atoms with Gasteiger partial charge >= 0.3 is 17.9 Å². The zero-order valence-electron chi connectivity index (χ0n) is 42.8. The number of carbonyl (C=O) groups is 3. The van der Waals surface area contributed by atoms with Gasteiger partial charge in [-0.3, -0.25) is 14.4 Å². The van der Waals surface area contributed by atoms with Crippen LogP contribution in [-0.2, 0) is 28.6 Å². The fourth-order valence-electron chi connectivity index (χ4n) is 8.17. The van der Waals surface area contributed by atoms with Crippen molar-refractivity contribution in [3.63, 3.8) is 0 Å². The summed E-state index contributed by atoms with van der Waals surface area (Å²) in [5.41, 5.74) is 0. The summed E-state index contributed by atoms with van der Waals surface area (Å²) < 4.78 is 16.8. The van der Waals surface area contributed by atoms with E-state index in [2.05, 4.69) is 57.2 Å². The quantitative estimate of drug-likeness (QED) is 0.0262. The molecule has 0 aliphatic carbocycles. The number of ether oxygens (including phenoxy) is 3. The average molecular weight is 899 g/mol. The van der Waals surface area contributed by atoms with Crippen molar-refractivity contribution in [3.8, 4) is 0 Å². The molecule has 0 aromatic heterocycles. The second-order valence-corrected chi connectivity index (χ2v) is 18.9. The highest BCUT2D eigenvalue weighted by atomic mass is 16.6. The molecule has 0 aliphatic rings. The Kier molecular flexibility index (Phi) is 51.3. The summed E-state index contributed by atoms with van der Waals surface area (Å²) in [6.45, 7) is 6.62. The molecule has 1 unspecified atom stereocenters. The van der Waals surface area contributed by atoms with Crippen molar-refractivity contribution < 1.29 is 28.6 Å². The van der Waals surface area contributed by atoms with E-state index >= 15 is 0 Å². The molecular weight excluding hydrogens is 793 g/mol. The molecule has 1 atom stereocenters. The van der Waals surface area contributed by atoms with E-state index in [-0.39, 0.29) is 31.1 Å². The maximum absolute atomic E-state index is 12.8. The van der Waals surface area contributed by atoms with E-state index in [1.165, 1.54) is 193 Å². The molecule has 64 heavy (non-hydrogen) atoms. The third-order valence-electron chi connectivity index (χ3n) is 12.4. The van der Waals surface area contributed by atoms with Gasteiger partial charge in [-0.05, 0) is 51.4 Å². The van der Waals surface area contributed by atoms with Crippen molar-refractivity contribution in [3.05, 3.63) is 36.5 Å². The van der Waals surface area contributed by atoms with E-state index < -0.39 is 6.10 Å². The normalized spacial score (nSPS) is 12.2. The first-order chi connectivity index (χ1) is 31.5. The van der Waals surface area contributed by atoms with Gasteiger partial charge in [0.1, 0.15) is 13.2 Å². The van der Waals surface area contributed by atoms with Gasteiger partial charge in [0, 0.05) is 19.3 Å². The van der Waals surface area contributed by atoms with Gasteiger partial charge in [0.15, 0.2) is 6.10 Å². The molecule has 0 saturated carbocycles. The topological polar surface area (TPSA) is 78.9 Å². The van der Waals surface area contributed by atoms with Gasteiger partial charge in [-0.2, -0.15) is 0 Å². The van der Waals surface area contributed by atoms with Crippen molar-refractivity contribution in [2.75, 3.05) is 13.2 Å². The Labute approximate surface area is 397 Å². The van der Waals surface area contributed by atoms with Crippen LogP contribution in [0.25, 0.3) is 0 Å². The van der Waals surface area contributed by atoms with E-state index in [0.717, 1.165) is 57.8 Å². The van der Waals surface area contributed by atoms with Crippen LogP contribution in [-0.4, -0.2) is 37.2 Å². The predicted octanol–water partition coefficient (Wildman–Crippen LogP) is 18.5. The number of hydrogen-bond acceptors (Lipinski definition) is 6. The molecule has 0 amide bonds. The Morgan fingerprint density at radius 1 is 0.312 bits per heavy atom. The molecule has 0 aliphatic heterocycles. The van der Waals surface area contributed by atoms with Crippen molar-refractivity contribution in [1.82, 2.24) is 0 Å². The Morgan fingerprint density at radius 2 is 0.578 bits per heavy atom. The second-order valence-electron chi connectivity index (χ2n) is 18.9. The van der Waals surface area contributed by atoms with E-state index in [4.69, 9.17) is 14.2 Å². The number of rotatable bonds is 51. The third kappa shape index (κ3) is 50.6. The minimum Gasteiger partial charge on any atom is -0.462 e. The summed E-state index contributed by atoms with van der Waals surface area (Å²) in [7, 11) is 0. The van der Waals surface area contributed by atoms with Gasteiger partial charge in [-0.1, -0.05) is 263 Å². The van der Waals surface area contributed by atoms with Crippen LogP contribution in [0.3, 0.4) is 0 Å². The number of carbonyl (C=O) groups excluding carboxylic acids is 3. The number of esters is 3. The maximum atomic E-state index is 12.8. The molecule has 0 fully saturated rings. The van der Waals surface area contributed by atoms with E-state index in [1.807, 2.05) is 0 Å². The smallest absolute Gasteiger partial charge is 0.306 e. The molecule has 0 N–H and O–H groups in total. The predicted molar refractivity (Wildman–Crippen MR) is 275 cm³/mol. The first kappa shape index (κ1) is 61.6. The van der Waals surface area contributed by atoms with Crippen molar-refractivity contribution in [1.29, 1.82) is 0 Å². The summed E-state index contributed by atoms with van der Waals surface area (Å²) in [5.74, 6) is -0.921. The van der Waals surface area contributed by atoms with Gasteiger partial charge in [0.05, 0.1) is 0 Å². The first-order valence-electron chi connectivity index (χ1n) is 28.0. The lowest BCUT2D eigenvalue weighted by molar-refractivity contribution is -0.167. The lowest BCUT2D eigenvalue weighted by Crippen LogP contribution is -2.30. The van der Waals surface area contributed by atoms with Gasteiger partial charge in [-0.15, -0.1) is 0 Å². The Hall–Kier alpha value is -2.37. The van der Waals surface area contributed by atoms with Crippen LogP contribution < -0.4 is 0 Å². The fourth-order valence-corrected chi connectivity index (χ4v) is 8.17. The first-order valence-corrected chi connectivity index (χ1v) is 28.0. The average Bonchev–Trinajstić information content (AvgIpc) is 3.29. The molecule has 6 nitrogen and oxygen atoms in total. The summed E-state index contributed by atoms with van der Waals surface area (Å²) in [5, 5.41) is 0. The lowest BCUT2D eigenvalue weighted by atomic mass is 10.0. The lowest BCUT2D eigenvalue weighted by Gasteiger charge is -2.18. The van der Waals surface area contributed by atoms with Gasteiger partial charge in [-0.25, -0.2) is 0 Å². The molecular formula is C58H106O6. The van der Waals surface area contributed by atoms with Crippen LogP contribution in [0.5, 0.6) is 0 Å². The SMILES string of the molecule is CCCCCCCC/C=C\C/C=C\C/C=C\CCCC(=O)OCC(COC(=O)CCCCCCCCCCCCCCC)OC(=O)CCCCCCCCCCCCCCCCCC. The van der Waals surface area contributed by atoms with Crippen molar-refractivity contribution in [2.24, 2.45) is 0 Å². The van der Waals surface area contributed by atoms with Gasteiger partial charge in [0.25, 0.3) is 0 Å². The number of allylic oxidation sites excluding steroid dienone is 6. The Balaban J connectivity index is 4.40. The van der Waals surface area contributed by atoms with Crippen molar-refractivity contribution >= 4 is 17.9 Å². The number of hydrogen-bond donors (Lipinski definition) is 0. The van der Waals surface area contributed by atoms with Crippen LogP contribution in [0.4, 0.5) is 0 Å². The van der Waals surface area contributed by atoms with Crippen LogP contribution >= 0.6 is 0 Å². The molecule has 0 aromatic rings. The highest BCUT2D eigenvalue weighted by Gasteiger charge is 2.19. The summed E-state index contributed by atoms with van der Waals surface area (Å²) in [6, 6.07) is 0. The highest BCUT2D eigenvalue weighted by molar-refractivity contribution is 5.71. The van der Waals surface area contributed by atoms with Crippen LogP contribution in [0.2, 0.25) is 0 Å². The van der Waals surface area contributed by atoms with Crippen LogP contribution in [0.15, 0.2) is 36.5 Å². The Morgan fingerprint density at radius 3 is 0.938 bits per heavy atom. The Bertz CT molecular complexity index is 1080. The fraction of sp³-hybridized carbons (Fsp3) is 0.845.